The van der Waals surface area contributed by atoms with Gasteiger partial charge in [-0.1, -0.05) is 11.6 Å². The zero-order chi connectivity index (χ0) is 14.7. The number of amides is 1. The predicted molar refractivity (Wildman–Crippen MR) is 71.5 cm³/mol. The number of hydrogen-bond donors (Lipinski definition) is 3. The zero-order valence-electron chi connectivity index (χ0n) is 10.3. The molecule has 0 unspecified atom stereocenters. The number of aromatic nitrogens is 3. The third-order valence-corrected chi connectivity index (χ3v) is 2.68. The van der Waals surface area contributed by atoms with E-state index in [1.165, 1.54) is 25.3 Å². The number of nitrogens with one attached hydrogen (secondary N) is 2. The van der Waals surface area contributed by atoms with E-state index in [2.05, 4.69) is 25.2 Å². The number of halogens is 1. The van der Waals surface area contributed by atoms with E-state index < -0.39 is 11.9 Å². The first kappa shape index (κ1) is 13.8. The summed E-state index contributed by atoms with van der Waals surface area (Å²) in [7, 11) is 1.26. The number of carbonyl (C=O) groups excluding carboxylic acids is 2. The van der Waals surface area contributed by atoms with Gasteiger partial charge in [0.15, 0.2) is 0 Å². The van der Waals surface area contributed by atoms with E-state index in [4.69, 9.17) is 17.3 Å². The van der Waals surface area contributed by atoms with Gasteiger partial charge >= 0.3 is 5.97 Å². The second-order valence-electron chi connectivity index (χ2n) is 3.68. The van der Waals surface area contributed by atoms with Crippen LogP contribution in [0.4, 0.5) is 11.6 Å². The minimum absolute atomic E-state index is 0.0513. The Morgan fingerprint density at radius 3 is 2.80 bits per heavy atom. The average Bonchev–Trinajstić information content (AvgIpc) is 2.87. The molecule has 20 heavy (non-hydrogen) atoms. The van der Waals surface area contributed by atoms with Gasteiger partial charge < -0.3 is 15.8 Å². The van der Waals surface area contributed by atoms with Gasteiger partial charge in [0.1, 0.15) is 0 Å². The van der Waals surface area contributed by atoms with Crippen LogP contribution in [0.5, 0.6) is 0 Å². The number of nitrogens with zero attached hydrogens (tertiary/aromatic N) is 2. The molecule has 0 atom stereocenters. The van der Waals surface area contributed by atoms with Gasteiger partial charge in [-0.25, -0.2) is 4.79 Å². The summed E-state index contributed by atoms with van der Waals surface area (Å²) >= 11 is 5.94. The Bertz CT molecular complexity index is 670. The van der Waals surface area contributed by atoms with Crippen LogP contribution >= 0.6 is 11.6 Å². The molecule has 9 heteroatoms. The van der Waals surface area contributed by atoms with E-state index in [9.17, 15) is 9.59 Å². The van der Waals surface area contributed by atoms with Crippen LogP contribution in [0.1, 0.15) is 21.0 Å². The van der Waals surface area contributed by atoms with Crippen LogP contribution in [-0.4, -0.2) is 34.2 Å². The fraction of sp³-hybridized carbons (Fsp3) is 0.0909. The van der Waals surface area contributed by atoms with Crippen LogP contribution in [0.2, 0.25) is 5.02 Å². The fourth-order valence-electron chi connectivity index (χ4n) is 1.42. The van der Waals surface area contributed by atoms with E-state index in [0.717, 1.165) is 0 Å². The van der Waals surface area contributed by atoms with Crippen LogP contribution in [0, 0.1) is 0 Å². The predicted octanol–water partition coefficient (Wildman–Crippen LogP) is 1.08. The second kappa shape index (κ2) is 5.57. The lowest BCUT2D eigenvalue weighted by Gasteiger charge is -2.07. The minimum atomic E-state index is -0.585. The van der Waals surface area contributed by atoms with Crippen molar-refractivity contribution in [2.75, 3.05) is 18.2 Å². The number of H-pyrrole nitrogens is 1. The highest BCUT2D eigenvalue weighted by molar-refractivity contribution is 6.34. The van der Waals surface area contributed by atoms with Gasteiger partial charge in [0, 0.05) is 0 Å². The molecule has 8 nitrogen and oxygen atoms in total. The van der Waals surface area contributed by atoms with Crippen molar-refractivity contribution < 1.29 is 14.3 Å². The zero-order valence-corrected chi connectivity index (χ0v) is 11.1. The summed E-state index contributed by atoms with van der Waals surface area (Å²) < 4.78 is 4.58. The highest BCUT2D eigenvalue weighted by Crippen LogP contribution is 2.23. The molecule has 1 heterocycles. The summed E-state index contributed by atoms with van der Waals surface area (Å²) in [6.07, 6.45) is 0. The molecule has 1 aromatic carbocycles. The van der Waals surface area contributed by atoms with E-state index in [1.54, 1.807) is 0 Å². The number of nitrogens with two attached hydrogens (primary N) is 1. The van der Waals surface area contributed by atoms with Gasteiger partial charge in [-0.3, -0.25) is 9.89 Å². The molecule has 0 spiro atoms. The maximum atomic E-state index is 11.9. The highest BCUT2D eigenvalue weighted by atomic mass is 35.5. The first-order valence-corrected chi connectivity index (χ1v) is 5.76. The van der Waals surface area contributed by atoms with Crippen LogP contribution in [0.3, 0.4) is 0 Å². The Hall–Kier alpha value is -2.61. The number of methoxy groups -OCH3 is 1. The van der Waals surface area contributed by atoms with Crippen molar-refractivity contribution in [1.29, 1.82) is 0 Å². The van der Waals surface area contributed by atoms with Gasteiger partial charge in [0.25, 0.3) is 5.91 Å². The molecule has 2 rings (SSSR count). The van der Waals surface area contributed by atoms with Crippen molar-refractivity contribution in [3.8, 4) is 0 Å². The van der Waals surface area contributed by atoms with Crippen LogP contribution in [0.25, 0.3) is 0 Å². The number of esters is 1. The maximum absolute atomic E-state index is 11.9. The monoisotopic (exact) mass is 295 g/mol. The molecule has 0 aliphatic carbocycles. The Kier molecular flexibility index (Phi) is 3.85. The molecule has 104 valence electrons. The summed E-state index contributed by atoms with van der Waals surface area (Å²) in [5.74, 6) is -1.24. The smallest absolute Gasteiger partial charge is 0.337 e. The number of aromatic amines is 1. The summed E-state index contributed by atoms with van der Waals surface area (Å²) in [6.45, 7) is 0. The third-order valence-electron chi connectivity index (χ3n) is 2.35. The Morgan fingerprint density at radius 1 is 1.45 bits per heavy atom. The van der Waals surface area contributed by atoms with E-state index in [-0.39, 0.29) is 28.0 Å². The minimum Gasteiger partial charge on any atom is -0.465 e. The number of ether oxygens (including phenoxy) is 1. The quantitative estimate of drug-likeness (QED) is 0.728. The molecule has 1 amide bonds. The SMILES string of the molecule is COC(=O)c1ccc(Cl)c(NC(=O)c2nc(N)n[nH]2)c1. The molecule has 0 saturated carbocycles. The Labute approximate surface area is 118 Å². The summed E-state index contributed by atoms with van der Waals surface area (Å²) in [6, 6.07) is 4.35. The highest BCUT2D eigenvalue weighted by Gasteiger charge is 2.14. The number of rotatable bonds is 3. The van der Waals surface area contributed by atoms with Gasteiger partial charge in [-0.05, 0) is 18.2 Å². The molecule has 0 aliphatic rings. The van der Waals surface area contributed by atoms with Crippen LogP contribution < -0.4 is 11.1 Å². The molecule has 0 aliphatic heterocycles. The molecule has 0 fully saturated rings. The summed E-state index contributed by atoms with van der Waals surface area (Å²) in [5, 5.41) is 8.65. The van der Waals surface area contributed by atoms with Crippen molar-refractivity contribution in [1.82, 2.24) is 15.2 Å². The van der Waals surface area contributed by atoms with Crippen molar-refractivity contribution >= 4 is 35.1 Å². The van der Waals surface area contributed by atoms with E-state index in [1.807, 2.05) is 0 Å². The molecule has 0 bridgehead atoms. The Morgan fingerprint density at radius 2 is 2.20 bits per heavy atom. The first-order valence-electron chi connectivity index (χ1n) is 5.38. The standard InChI is InChI=1S/C11H10ClN5O3/c1-20-10(19)5-2-3-6(12)7(4-5)14-9(18)8-15-11(13)17-16-8/h2-4H,1H3,(H,14,18)(H3,13,15,16,17). The van der Waals surface area contributed by atoms with Crippen LogP contribution in [-0.2, 0) is 4.74 Å². The second-order valence-corrected chi connectivity index (χ2v) is 4.09. The third kappa shape index (κ3) is 2.86. The van der Waals surface area contributed by atoms with Gasteiger partial charge in [0.2, 0.25) is 11.8 Å². The molecule has 0 radical (unpaired) electrons. The summed E-state index contributed by atoms with van der Waals surface area (Å²) in [5.41, 5.74) is 5.80. The molecule has 4 N–H and O–H groups in total. The van der Waals surface area contributed by atoms with Crippen molar-refractivity contribution in [2.24, 2.45) is 0 Å². The molecule has 2 aromatic rings. The number of hydrogen-bond acceptors (Lipinski definition) is 6. The molecular formula is C11H10ClN5O3. The van der Waals surface area contributed by atoms with Crippen LogP contribution in [0.15, 0.2) is 18.2 Å². The number of benzene rings is 1. The lowest BCUT2D eigenvalue weighted by Crippen LogP contribution is -2.15. The molecule has 1 aromatic heterocycles. The lowest BCUT2D eigenvalue weighted by atomic mass is 10.2. The van der Waals surface area contributed by atoms with Gasteiger partial charge in [-0.15, -0.1) is 5.10 Å². The first-order chi connectivity index (χ1) is 9.51. The van der Waals surface area contributed by atoms with Crippen molar-refractivity contribution in [3.05, 3.63) is 34.6 Å². The van der Waals surface area contributed by atoms with E-state index >= 15 is 0 Å². The van der Waals surface area contributed by atoms with Gasteiger partial charge in [-0.2, -0.15) is 4.98 Å². The number of anilines is 2. The fourth-order valence-corrected chi connectivity index (χ4v) is 1.59. The number of nitrogen functional groups attached to an aromatic ring is 1. The lowest BCUT2D eigenvalue weighted by molar-refractivity contribution is 0.0600. The normalized spacial score (nSPS) is 10.1. The van der Waals surface area contributed by atoms with Gasteiger partial charge in [0.05, 0.1) is 23.4 Å². The van der Waals surface area contributed by atoms with E-state index in [0.29, 0.717) is 0 Å². The topological polar surface area (TPSA) is 123 Å². The van der Waals surface area contributed by atoms with Crippen molar-refractivity contribution in [2.45, 2.75) is 0 Å². The summed E-state index contributed by atoms with van der Waals surface area (Å²) in [4.78, 5) is 26.9. The number of carbonyl (C=O) groups is 2. The Balaban J connectivity index is 2.24. The van der Waals surface area contributed by atoms with Crippen molar-refractivity contribution in [3.63, 3.8) is 0 Å². The maximum Gasteiger partial charge on any atom is 0.337 e. The largest absolute Gasteiger partial charge is 0.465 e. The average molecular weight is 296 g/mol. The molecular weight excluding hydrogens is 286 g/mol. The molecule has 0 saturated heterocycles.